The van der Waals surface area contributed by atoms with Crippen LogP contribution in [0.5, 0.6) is 0 Å². The average Bonchev–Trinajstić information content (AvgIpc) is 2.71. The molecule has 160 valence electrons. The molecule has 1 aromatic carbocycles. The van der Waals surface area contributed by atoms with Crippen LogP contribution < -0.4 is 5.32 Å². The van der Waals surface area contributed by atoms with E-state index in [0.29, 0.717) is 18.4 Å². The SMILES string of the molecule is CC(C)(C)OC(=O)NCc1cccc(C2CCN(C(=O)C3CCCCC3)CC2)c1. The average molecular weight is 401 g/mol. The molecule has 3 rings (SSSR count). The Morgan fingerprint density at radius 2 is 1.76 bits per heavy atom. The molecule has 1 heterocycles. The van der Waals surface area contributed by atoms with E-state index in [1.54, 1.807) is 0 Å². The molecule has 1 saturated carbocycles. The second-order valence-electron chi connectivity index (χ2n) is 9.53. The standard InChI is InChI=1S/C24H36N2O3/c1-24(2,3)29-23(28)25-17-18-8-7-11-21(16-18)19-12-14-26(15-13-19)22(27)20-9-5-4-6-10-20/h7-8,11,16,19-20H,4-6,9-10,12-15,17H2,1-3H3,(H,25,28). The van der Waals surface area contributed by atoms with Gasteiger partial charge >= 0.3 is 6.09 Å². The van der Waals surface area contributed by atoms with Gasteiger partial charge in [0.25, 0.3) is 0 Å². The number of carbonyl (C=O) groups is 2. The molecule has 1 aliphatic carbocycles. The number of nitrogens with zero attached hydrogens (tertiary/aromatic N) is 1. The van der Waals surface area contributed by atoms with Crippen LogP contribution in [0.25, 0.3) is 0 Å². The Bertz CT molecular complexity index is 696. The van der Waals surface area contributed by atoms with Crippen LogP contribution in [0.4, 0.5) is 4.79 Å². The number of amides is 2. The van der Waals surface area contributed by atoms with Crippen molar-refractivity contribution in [2.75, 3.05) is 13.1 Å². The van der Waals surface area contributed by atoms with Gasteiger partial charge in [-0.3, -0.25) is 4.79 Å². The van der Waals surface area contributed by atoms with Gasteiger partial charge in [0.2, 0.25) is 5.91 Å². The van der Waals surface area contributed by atoms with Crippen LogP contribution in [0.2, 0.25) is 0 Å². The molecule has 2 fully saturated rings. The number of carbonyl (C=O) groups excluding carboxylic acids is 2. The maximum Gasteiger partial charge on any atom is 0.407 e. The number of rotatable bonds is 4. The molecule has 1 N–H and O–H groups in total. The predicted molar refractivity (Wildman–Crippen MR) is 115 cm³/mol. The van der Waals surface area contributed by atoms with Crippen molar-refractivity contribution < 1.29 is 14.3 Å². The van der Waals surface area contributed by atoms with Crippen molar-refractivity contribution in [2.45, 2.75) is 83.8 Å². The van der Waals surface area contributed by atoms with Crippen molar-refractivity contribution in [3.8, 4) is 0 Å². The van der Waals surface area contributed by atoms with Gasteiger partial charge in [0.15, 0.2) is 0 Å². The summed E-state index contributed by atoms with van der Waals surface area (Å²) in [6, 6.07) is 8.44. The van der Waals surface area contributed by atoms with Crippen LogP contribution in [0.1, 0.15) is 82.8 Å². The Balaban J connectivity index is 1.50. The van der Waals surface area contributed by atoms with Crippen molar-refractivity contribution in [1.29, 1.82) is 0 Å². The third kappa shape index (κ3) is 6.48. The molecule has 1 aromatic rings. The number of hydrogen-bond acceptors (Lipinski definition) is 3. The molecule has 5 nitrogen and oxygen atoms in total. The minimum Gasteiger partial charge on any atom is -0.444 e. The van der Waals surface area contributed by atoms with E-state index in [0.717, 1.165) is 44.3 Å². The second-order valence-corrected chi connectivity index (χ2v) is 9.53. The third-order valence-electron chi connectivity index (χ3n) is 6.02. The van der Waals surface area contributed by atoms with E-state index in [-0.39, 0.29) is 5.92 Å². The zero-order valence-corrected chi connectivity index (χ0v) is 18.2. The number of hydrogen-bond donors (Lipinski definition) is 1. The van der Waals surface area contributed by atoms with Gasteiger partial charge in [0, 0.05) is 25.6 Å². The number of piperidine rings is 1. The largest absolute Gasteiger partial charge is 0.444 e. The number of nitrogens with one attached hydrogen (secondary N) is 1. The second kappa shape index (κ2) is 9.64. The Morgan fingerprint density at radius 3 is 2.41 bits per heavy atom. The van der Waals surface area contributed by atoms with Crippen LogP contribution >= 0.6 is 0 Å². The van der Waals surface area contributed by atoms with Gasteiger partial charge < -0.3 is 15.0 Å². The molecule has 2 aliphatic rings. The summed E-state index contributed by atoms with van der Waals surface area (Å²) in [7, 11) is 0. The van der Waals surface area contributed by atoms with E-state index in [9.17, 15) is 9.59 Å². The van der Waals surface area contributed by atoms with Crippen molar-refractivity contribution in [2.24, 2.45) is 5.92 Å². The normalized spacial score (nSPS) is 19.1. The van der Waals surface area contributed by atoms with Gasteiger partial charge in [-0.2, -0.15) is 0 Å². The van der Waals surface area contributed by atoms with Gasteiger partial charge in [-0.15, -0.1) is 0 Å². The van der Waals surface area contributed by atoms with Gasteiger partial charge in [0.1, 0.15) is 5.60 Å². The first kappa shape index (κ1) is 21.7. The Hall–Kier alpha value is -2.04. The van der Waals surface area contributed by atoms with Crippen LogP contribution in [0.3, 0.4) is 0 Å². The minimum atomic E-state index is -0.491. The molecule has 0 spiro atoms. The summed E-state index contributed by atoms with van der Waals surface area (Å²) in [5.74, 6) is 1.13. The summed E-state index contributed by atoms with van der Waals surface area (Å²) in [5, 5.41) is 2.83. The van der Waals surface area contributed by atoms with E-state index in [1.807, 2.05) is 26.8 Å². The van der Waals surface area contributed by atoms with Crippen LogP contribution in [-0.4, -0.2) is 35.6 Å². The summed E-state index contributed by atoms with van der Waals surface area (Å²) in [5.41, 5.74) is 1.89. The lowest BCUT2D eigenvalue weighted by molar-refractivity contribution is -0.137. The highest BCUT2D eigenvalue weighted by Crippen LogP contribution is 2.31. The zero-order chi connectivity index (χ0) is 20.9. The highest BCUT2D eigenvalue weighted by Gasteiger charge is 2.29. The van der Waals surface area contributed by atoms with Gasteiger partial charge in [0.05, 0.1) is 0 Å². The predicted octanol–water partition coefficient (Wildman–Crippen LogP) is 5.00. The highest BCUT2D eigenvalue weighted by atomic mass is 16.6. The van der Waals surface area contributed by atoms with Crippen molar-refractivity contribution in [3.63, 3.8) is 0 Å². The van der Waals surface area contributed by atoms with Crippen LogP contribution in [0, 0.1) is 5.92 Å². The maximum atomic E-state index is 12.8. The van der Waals surface area contributed by atoms with Crippen molar-refractivity contribution >= 4 is 12.0 Å². The Morgan fingerprint density at radius 1 is 1.07 bits per heavy atom. The minimum absolute atomic E-state index is 0.266. The molecule has 1 saturated heterocycles. The van der Waals surface area contributed by atoms with Crippen molar-refractivity contribution in [1.82, 2.24) is 10.2 Å². The number of alkyl carbamates (subject to hydrolysis) is 1. The molecule has 2 amide bonds. The summed E-state index contributed by atoms with van der Waals surface area (Å²) >= 11 is 0. The molecule has 0 aromatic heterocycles. The van der Waals surface area contributed by atoms with Crippen LogP contribution in [-0.2, 0) is 16.1 Å². The van der Waals surface area contributed by atoms with Crippen molar-refractivity contribution in [3.05, 3.63) is 35.4 Å². The zero-order valence-electron chi connectivity index (χ0n) is 18.2. The molecule has 0 atom stereocenters. The molecule has 29 heavy (non-hydrogen) atoms. The Labute approximate surface area is 175 Å². The van der Waals surface area contributed by atoms with E-state index in [1.165, 1.54) is 24.8 Å². The number of benzene rings is 1. The van der Waals surface area contributed by atoms with Gasteiger partial charge in [-0.1, -0.05) is 43.5 Å². The molecular weight excluding hydrogens is 364 g/mol. The molecule has 1 aliphatic heterocycles. The Kier molecular flexibility index (Phi) is 7.20. The highest BCUT2D eigenvalue weighted by molar-refractivity contribution is 5.79. The summed E-state index contributed by atoms with van der Waals surface area (Å²) < 4.78 is 5.30. The lowest BCUT2D eigenvalue weighted by Crippen LogP contribution is -2.41. The molecule has 0 radical (unpaired) electrons. The summed E-state index contributed by atoms with van der Waals surface area (Å²) in [6.45, 7) is 7.76. The molecule has 0 unspecified atom stereocenters. The lowest BCUT2D eigenvalue weighted by Gasteiger charge is -2.35. The number of likely N-dealkylation sites (tertiary alicyclic amines) is 1. The quantitative estimate of drug-likeness (QED) is 0.774. The molecule has 0 bridgehead atoms. The van der Waals surface area contributed by atoms with E-state index in [4.69, 9.17) is 4.74 Å². The van der Waals surface area contributed by atoms with E-state index < -0.39 is 11.7 Å². The van der Waals surface area contributed by atoms with Gasteiger partial charge in [-0.05, 0) is 63.5 Å². The van der Waals surface area contributed by atoms with Crippen LogP contribution in [0.15, 0.2) is 24.3 Å². The third-order valence-corrected chi connectivity index (χ3v) is 6.02. The first-order valence-corrected chi connectivity index (χ1v) is 11.2. The first-order chi connectivity index (χ1) is 13.8. The lowest BCUT2D eigenvalue weighted by atomic mass is 9.85. The fourth-order valence-corrected chi connectivity index (χ4v) is 4.49. The first-order valence-electron chi connectivity index (χ1n) is 11.2. The maximum absolute atomic E-state index is 12.8. The molecule has 5 heteroatoms. The summed E-state index contributed by atoms with van der Waals surface area (Å²) in [4.78, 5) is 26.7. The fraction of sp³-hybridized carbons (Fsp3) is 0.667. The number of ether oxygens (including phenoxy) is 1. The topological polar surface area (TPSA) is 58.6 Å². The fourth-order valence-electron chi connectivity index (χ4n) is 4.49. The van der Waals surface area contributed by atoms with E-state index >= 15 is 0 Å². The summed E-state index contributed by atoms with van der Waals surface area (Å²) in [6.07, 6.45) is 7.48. The smallest absolute Gasteiger partial charge is 0.407 e. The molecular formula is C24H36N2O3. The van der Waals surface area contributed by atoms with E-state index in [2.05, 4.69) is 28.4 Å². The monoisotopic (exact) mass is 400 g/mol. The van der Waals surface area contributed by atoms with Gasteiger partial charge in [-0.25, -0.2) is 4.79 Å².